The van der Waals surface area contributed by atoms with E-state index >= 15 is 0 Å². The fraction of sp³-hybridized carbons (Fsp3) is 0.400. The first-order valence-electron chi connectivity index (χ1n) is 4.20. The Labute approximate surface area is 85.0 Å². The number of hydrogen-bond donors (Lipinski definition) is 0. The monoisotopic (exact) mass is 244 g/mol. The molecule has 0 amide bonds. The first kappa shape index (κ1) is 9.00. The Morgan fingerprint density at radius 3 is 2.77 bits per heavy atom. The van der Waals surface area contributed by atoms with Crippen molar-refractivity contribution in [3.63, 3.8) is 0 Å². The van der Waals surface area contributed by atoms with Gasteiger partial charge in [0.1, 0.15) is 11.6 Å². The van der Waals surface area contributed by atoms with Crippen LogP contribution in [0.1, 0.15) is 17.9 Å². The summed E-state index contributed by atoms with van der Waals surface area (Å²) in [5, 5.41) is 0. The van der Waals surface area contributed by atoms with Gasteiger partial charge in [0.25, 0.3) is 0 Å². The summed E-state index contributed by atoms with van der Waals surface area (Å²) in [6, 6.07) is 4.95. The molecule has 0 spiro atoms. The molecule has 1 aliphatic carbocycles. The molecule has 70 valence electrons. The van der Waals surface area contributed by atoms with E-state index in [1.807, 2.05) is 0 Å². The van der Waals surface area contributed by atoms with Crippen molar-refractivity contribution in [2.24, 2.45) is 0 Å². The molecule has 1 aromatic carbocycles. The average Bonchev–Trinajstić information content (AvgIpc) is 2.82. The molecule has 1 fully saturated rings. The molecule has 0 saturated heterocycles. The number of ether oxygens (including phenoxy) is 1. The predicted octanol–water partition coefficient (Wildman–Crippen LogP) is 3.09. The topological polar surface area (TPSA) is 9.23 Å². The highest BCUT2D eigenvalue weighted by Gasteiger charge is 2.39. The molecular weight excluding hydrogens is 235 g/mol. The van der Waals surface area contributed by atoms with Gasteiger partial charge in [-0.2, -0.15) is 0 Å². The van der Waals surface area contributed by atoms with E-state index in [-0.39, 0.29) is 11.7 Å². The van der Waals surface area contributed by atoms with Gasteiger partial charge >= 0.3 is 0 Å². The van der Waals surface area contributed by atoms with Gasteiger partial charge in [-0.3, -0.25) is 0 Å². The molecule has 0 aliphatic heterocycles. The summed E-state index contributed by atoms with van der Waals surface area (Å²) in [5.41, 5.74) is 0.715. The molecular formula is C10H10BrFO. The Morgan fingerprint density at radius 2 is 2.23 bits per heavy atom. The molecule has 1 aliphatic rings. The molecule has 0 heterocycles. The van der Waals surface area contributed by atoms with Crippen LogP contribution in [-0.2, 0) is 0 Å². The first-order chi connectivity index (χ1) is 6.24. The van der Waals surface area contributed by atoms with Crippen LogP contribution in [0, 0.1) is 5.82 Å². The Kier molecular flexibility index (Phi) is 2.28. The molecule has 0 bridgehead atoms. The minimum atomic E-state index is -0.161. The molecule has 0 unspecified atom stereocenters. The van der Waals surface area contributed by atoms with Gasteiger partial charge in [-0.1, -0.05) is 22.0 Å². The minimum absolute atomic E-state index is 0.161. The van der Waals surface area contributed by atoms with E-state index in [4.69, 9.17) is 4.74 Å². The van der Waals surface area contributed by atoms with Crippen molar-refractivity contribution < 1.29 is 9.13 Å². The van der Waals surface area contributed by atoms with Crippen molar-refractivity contribution in [3.05, 3.63) is 29.6 Å². The van der Waals surface area contributed by atoms with Crippen LogP contribution >= 0.6 is 15.9 Å². The van der Waals surface area contributed by atoms with Crippen molar-refractivity contribution in [2.75, 3.05) is 7.11 Å². The third-order valence-corrected chi connectivity index (χ3v) is 3.33. The van der Waals surface area contributed by atoms with Gasteiger partial charge in [-0.15, -0.1) is 0 Å². The number of rotatable bonds is 2. The third-order valence-electron chi connectivity index (χ3n) is 2.32. The average molecular weight is 245 g/mol. The molecule has 0 aromatic heterocycles. The van der Waals surface area contributed by atoms with Crippen molar-refractivity contribution in [1.29, 1.82) is 0 Å². The Bertz CT molecular complexity index is 327. The van der Waals surface area contributed by atoms with Crippen LogP contribution in [0.15, 0.2) is 18.2 Å². The van der Waals surface area contributed by atoms with Crippen LogP contribution in [0.2, 0.25) is 0 Å². The van der Waals surface area contributed by atoms with Crippen molar-refractivity contribution >= 4 is 15.9 Å². The molecule has 2 atom stereocenters. The molecule has 1 nitrogen and oxygen atoms in total. The third kappa shape index (κ3) is 1.57. The van der Waals surface area contributed by atoms with E-state index in [2.05, 4.69) is 15.9 Å². The Balaban J connectivity index is 2.41. The Hall–Kier alpha value is -0.570. The zero-order chi connectivity index (χ0) is 9.42. The first-order valence-corrected chi connectivity index (χ1v) is 5.12. The van der Waals surface area contributed by atoms with E-state index in [0.717, 1.165) is 6.42 Å². The zero-order valence-corrected chi connectivity index (χ0v) is 8.84. The second kappa shape index (κ2) is 3.29. The molecule has 0 radical (unpaired) electrons. The van der Waals surface area contributed by atoms with E-state index in [9.17, 15) is 4.39 Å². The van der Waals surface area contributed by atoms with Crippen LogP contribution in [0.3, 0.4) is 0 Å². The maximum atomic E-state index is 13.4. The molecule has 1 aromatic rings. The molecule has 2 rings (SSSR count). The highest BCUT2D eigenvalue weighted by Crippen LogP contribution is 2.50. The number of hydrogen-bond acceptors (Lipinski definition) is 1. The van der Waals surface area contributed by atoms with Crippen molar-refractivity contribution in [1.82, 2.24) is 0 Å². The molecule has 3 heteroatoms. The summed E-state index contributed by atoms with van der Waals surface area (Å²) in [5.74, 6) is 0.786. The van der Waals surface area contributed by atoms with Gasteiger partial charge in [-0.25, -0.2) is 4.39 Å². The summed E-state index contributed by atoms with van der Waals surface area (Å²) in [4.78, 5) is 0.415. The maximum absolute atomic E-state index is 13.4. The van der Waals surface area contributed by atoms with E-state index < -0.39 is 0 Å². The number of halogens is 2. The van der Waals surface area contributed by atoms with E-state index in [1.165, 1.54) is 6.07 Å². The standard InChI is InChI=1S/C10H10BrFO/c1-13-9-4-2-3-8(12)10(9)6-5-7(6)11/h2-4,6-7H,5H2,1H3/t6-,7-/m1/s1. The SMILES string of the molecule is COc1cccc(F)c1[C@@H]1C[C@H]1Br. The lowest BCUT2D eigenvalue weighted by atomic mass is 10.1. The number of alkyl halides is 1. The van der Waals surface area contributed by atoms with Crippen LogP contribution in [-0.4, -0.2) is 11.9 Å². The molecule has 13 heavy (non-hydrogen) atoms. The van der Waals surface area contributed by atoms with Gasteiger partial charge < -0.3 is 4.74 Å². The number of benzene rings is 1. The largest absolute Gasteiger partial charge is 0.496 e. The summed E-state index contributed by atoms with van der Waals surface area (Å²) in [6.45, 7) is 0. The second-order valence-electron chi connectivity index (χ2n) is 3.21. The quantitative estimate of drug-likeness (QED) is 0.727. The van der Waals surface area contributed by atoms with Crippen LogP contribution < -0.4 is 4.74 Å². The summed E-state index contributed by atoms with van der Waals surface area (Å²) in [7, 11) is 1.57. The fourth-order valence-corrected chi connectivity index (χ4v) is 2.18. The smallest absolute Gasteiger partial charge is 0.130 e. The Morgan fingerprint density at radius 1 is 1.54 bits per heavy atom. The van der Waals surface area contributed by atoms with E-state index in [1.54, 1.807) is 19.2 Å². The summed E-state index contributed by atoms with van der Waals surface area (Å²) >= 11 is 3.46. The molecule has 0 N–H and O–H groups in total. The number of methoxy groups -OCH3 is 1. The highest BCUT2D eigenvalue weighted by atomic mass is 79.9. The van der Waals surface area contributed by atoms with Gasteiger partial charge in [0.2, 0.25) is 0 Å². The van der Waals surface area contributed by atoms with Crippen LogP contribution in [0.4, 0.5) is 4.39 Å². The van der Waals surface area contributed by atoms with Gasteiger partial charge in [0.05, 0.1) is 7.11 Å². The normalized spacial score (nSPS) is 25.8. The van der Waals surface area contributed by atoms with E-state index in [0.29, 0.717) is 16.1 Å². The van der Waals surface area contributed by atoms with Gasteiger partial charge in [0, 0.05) is 16.3 Å². The van der Waals surface area contributed by atoms with Gasteiger partial charge in [-0.05, 0) is 18.6 Å². The predicted molar refractivity (Wildman–Crippen MR) is 53.0 cm³/mol. The molecule has 1 saturated carbocycles. The van der Waals surface area contributed by atoms with Crippen molar-refractivity contribution in [3.8, 4) is 5.75 Å². The lowest BCUT2D eigenvalue weighted by molar-refractivity contribution is 0.404. The van der Waals surface area contributed by atoms with Gasteiger partial charge in [0.15, 0.2) is 0 Å². The second-order valence-corrected chi connectivity index (χ2v) is 4.39. The lowest BCUT2D eigenvalue weighted by Gasteiger charge is -2.07. The zero-order valence-electron chi connectivity index (χ0n) is 7.26. The lowest BCUT2D eigenvalue weighted by Crippen LogP contribution is -1.94. The summed E-state index contributed by atoms with van der Waals surface area (Å²) < 4.78 is 18.5. The fourth-order valence-electron chi connectivity index (χ4n) is 1.52. The maximum Gasteiger partial charge on any atom is 0.130 e. The van der Waals surface area contributed by atoms with Crippen LogP contribution in [0.25, 0.3) is 0 Å². The summed E-state index contributed by atoms with van der Waals surface area (Å²) in [6.07, 6.45) is 0.997. The van der Waals surface area contributed by atoms with Crippen molar-refractivity contribution in [2.45, 2.75) is 17.2 Å². The minimum Gasteiger partial charge on any atom is -0.496 e. The van der Waals surface area contributed by atoms with Crippen LogP contribution in [0.5, 0.6) is 5.75 Å². The highest BCUT2D eigenvalue weighted by molar-refractivity contribution is 9.09.